The van der Waals surface area contributed by atoms with Gasteiger partial charge in [0, 0.05) is 31.8 Å². The molecule has 1 heterocycles. The molecule has 1 saturated carbocycles. The van der Waals surface area contributed by atoms with Gasteiger partial charge < -0.3 is 15.3 Å². The number of rotatable bonds is 6. The molecule has 0 spiro atoms. The van der Waals surface area contributed by atoms with Crippen LogP contribution in [0.2, 0.25) is 0 Å². The molecular formula is C20H34N2O2. The van der Waals surface area contributed by atoms with Gasteiger partial charge in [-0.15, -0.1) is 0 Å². The van der Waals surface area contributed by atoms with Gasteiger partial charge in [0.15, 0.2) is 0 Å². The van der Waals surface area contributed by atoms with Gasteiger partial charge in [-0.25, -0.2) is 0 Å². The molecule has 0 bridgehead atoms. The number of nitrogens with one attached hydrogen (secondary N) is 1. The Morgan fingerprint density at radius 1 is 1.21 bits per heavy atom. The van der Waals surface area contributed by atoms with Crippen molar-refractivity contribution < 1.29 is 9.90 Å². The molecule has 2 fully saturated rings. The van der Waals surface area contributed by atoms with Gasteiger partial charge in [-0.1, -0.05) is 43.9 Å². The van der Waals surface area contributed by atoms with E-state index >= 15 is 0 Å². The average molecular weight is 335 g/mol. The number of amides is 1. The summed E-state index contributed by atoms with van der Waals surface area (Å²) in [5.74, 6) is 0.00663. The van der Waals surface area contributed by atoms with Crippen molar-refractivity contribution in [1.82, 2.24) is 10.2 Å². The summed E-state index contributed by atoms with van der Waals surface area (Å²) in [5.41, 5.74) is 0.709. The van der Waals surface area contributed by atoms with Gasteiger partial charge >= 0.3 is 0 Å². The minimum atomic E-state index is -0.472. The zero-order chi connectivity index (χ0) is 17.4. The normalized spacial score (nSPS) is 23.5. The second-order valence-corrected chi connectivity index (χ2v) is 7.39. The number of nitrogens with zero attached hydrogens (tertiary/aromatic N) is 1. The van der Waals surface area contributed by atoms with Gasteiger partial charge in [0.1, 0.15) is 0 Å². The lowest BCUT2D eigenvalue weighted by atomic mass is 9.84. The van der Waals surface area contributed by atoms with Crippen LogP contribution in [0.25, 0.3) is 0 Å². The van der Waals surface area contributed by atoms with Crippen molar-refractivity contribution in [3.05, 3.63) is 23.8 Å². The standard InChI is InChI=1S/C20H34N2O2/c1-3-17(4-2)8-9-19(23)21-18-10-14-22(15-11-18)16-20(24)12-6-5-7-13-20/h3,8-9,18,24H,4-7,10-16H2,1-2H3,(H,21,23). The van der Waals surface area contributed by atoms with E-state index in [0.717, 1.165) is 64.6 Å². The summed E-state index contributed by atoms with van der Waals surface area (Å²) in [6, 6.07) is 0.259. The Morgan fingerprint density at radius 3 is 2.46 bits per heavy atom. The van der Waals surface area contributed by atoms with Gasteiger partial charge in [-0.05, 0) is 39.0 Å². The molecular weight excluding hydrogens is 300 g/mol. The first kappa shape index (κ1) is 19.2. The maximum atomic E-state index is 12.0. The number of allylic oxidation sites excluding steroid dienone is 3. The quantitative estimate of drug-likeness (QED) is 0.579. The number of carbonyl (C=O) groups excluding carboxylic acids is 1. The van der Waals surface area contributed by atoms with Crippen molar-refractivity contribution in [3.8, 4) is 0 Å². The first-order valence-corrected chi connectivity index (χ1v) is 9.63. The highest BCUT2D eigenvalue weighted by Gasteiger charge is 2.32. The molecule has 4 nitrogen and oxygen atoms in total. The molecule has 0 atom stereocenters. The van der Waals surface area contributed by atoms with E-state index in [1.54, 1.807) is 6.08 Å². The SMILES string of the molecule is CC=C(C=CC(=O)NC1CCN(CC2(O)CCCCC2)CC1)CC. The van der Waals surface area contributed by atoms with Gasteiger partial charge in [-0.3, -0.25) is 4.79 Å². The van der Waals surface area contributed by atoms with Crippen molar-refractivity contribution in [2.24, 2.45) is 0 Å². The Bertz CT molecular complexity index is 456. The highest BCUT2D eigenvalue weighted by atomic mass is 16.3. The Labute approximate surface area is 147 Å². The van der Waals surface area contributed by atoms with Crippen LogP contribution in [-0.4, -0.2) is 47.2 Å². The summed E-state index contributed by atoms with van der Waals surface area (Å²) in [4.78, 5) is 14.4. The number of carbonyl (C=O) groups is 1. The molecule has 1 aliphatic heterocycles. The highest BCUT2D eigenvalue weighted by Crippen LogP contribution is 2.29. The number of likely N-dealkylation sites (tertiary alicyclic amines) is 1. The number of piperidine rings is 1. The number of hydrogen-bond donors (Lipinski definition) is 2. The van der Waals surface area contributed by atoms with Crippen LogP contribution in [0, 0.1) is 0 Å². The van der Waals surface area contributed by atoms with Crippen LogP contribution in [0.1, 0.15) is 65.2 Å². The fourth-order valence-electron chi connectivity index (χ4n) is 3.87. The second kappa shape index (κ2) is 9.38. The van der Waals surface area contributed by atoms with Gasteiger partial charge in [-0.2, -0.15) is 0 Å². The zero-order valence-electron chi connectivity index (χ0n) is 15.4. The van der Waals surface area contributed by atoms with Gasteiger partial charge in [0.2, 0.25) is 5.91 Å². The molecule has 1 saturated heterocycles. The second-order valence-electron chi connectivity index (χ2n) is 7.39. The van der Waals surface area contributed by atoms with E-state index in [4.69, 9.17) is 0 Å². The Hall–Kier alpha value is -1.13. The molecule has 0 aromatic carbocycles. The predicted octanol–water partition coefficient (Wildman–Crippen LogP) is 3.17. The zero-order valence-corrected chi connectivity index (χ0v) is 15.4. The smallest absolute Gasteiger partial charge is 0.244 e. The summed E-state index contributed by atoms with van der Waals surface area (Å²) < 4.78 is 0. The Balaban J connectivity index is 1.71. The van der Waals surface area contributed by atoms with Crippen LogP contribution in [0.5, 0.6) is 0 Å². The van der Waals surface area contributed by atoms with Gasteiger partial charge in [0.05, 0.1) is 5.60 Å². The summed E-state index contributed by atoms with van der Waals surface area (Å²) in [6.45, 7) is 6.82. The first-order chi connectivity index (χ1) is 11.5. The first-order valence-electron chi connectivity index (χ1n) is 9.63. The van der Waals surface area contributed by atoms with E-state index in [9.17, 15) is 9.90 Å². The van der Waals surface area contributed by atoms with E-state index in [-0.39, 0.29) is 11.9 Å². The minimum absolute atomic E-state index is 0.00663. The van der Waals surface area contributed by atoms with Crippen LogP contribution in [0.3, 0.4) is 0 Å². The third kappa shape index (κ3) is 6.06. The lowest BCUT2D eigenvalue weighted by Crippen LogP contribution is -2.50. The van der Waals surface area contributed by atoms with Crippen LogP contribution in [-0.2, 0) is 4.79 Å². The largest absolute Gasteiger partial charge is 0.389 e. The molecule has 2 N–H and O–H groups in total. The number of aliphatic hydroxyl groups is 1. The van der Waals surface area contributed by atoms with Crippen molar-refractivity contribution in [1.29, 1.82) is 0 Å². The van der Waals surface area contributed by atoms with Crippen molar-refractivity contribution >= 4 is 5.91 Å². The predicted molar refractivity (Wildman–Crippen MR) is 98.8 cm³/mol. The van der Waals surface area contributed by atoms with E-state index in [0.29, 0.717) is 0 Å². The van der Waals surface area contributed by atoms with Crippen LogP contribution >= 0.6 is 0 Å². The summed E-state index contributed by atoms with van der Waals surface area (Å²) >= 11 is 0. The van der Waals surface area contributed by atoms with Crippen molar-refractivity contribution in [3.63, 3.8) is 0 Å². The molecule has 0 radical (unpaired) electrons. The Morgan fingerprint density at radius 2 is 1.88 bits per heavy atom. The molecule has 24 heavy (non-hydrogen) atoms. The lowest BCUT2D eigenvalue weighted by Gasteiger charge is -2.40. The summed E-state index contributed by atoms with van der Waals surface area (Å²) in [7, 11) is 0. The maximum Gasteiger partial charge on any atom is 0.244 e. The van der Waals surface area contributed by atoms with E-state index < -0.39 is 5.60 Å². The number of hydrogen-bond acceptors (Lipinski definition) is 3. The van der Waals surface area contributed by atoms with Crippen LogP contribution in [0.15, 0.2) is 23.8 Å². The monoisotopic (exact) mass is 334 g/mol. The van der Waals surface area contributed by atoms with Crippen LogP contribution in [0.4, 0.5) is 0 Å². The molecule has 4 heteroatoms. The maximum absolute atomic E-state index is 12.0. The molecule has 1 amide bonds. The summed E-state index contributed by atoms with van der Waals surface area (Å²) in [5, 5.41) is 13.8. The third-order valence-electron chi connectivity index (χ3n) is 5.46. The Kier molecular flexibility index (Phi) is 7.50. The molecule has 136 valence electrons. The molecule has 2 rings (SSSR count). The molecule has 0 aromatic rings. The summed E-state index contributed by atoms with van der Waals surface area (Å²) in [6.07, 6.45) is 13.9. The topological polar surface area (TPSA) is 52.6 Å². The average Bonchev–Trinajstić information content (AvgIpc) is 2.58. The van der Waals surface area contributed by atoms with Crippen molar-refractivity contribution in [2.75, 3.05) is 19.6 Å². The lowest BCUT2D eigenvalue weighted by molar-refractivity contribution is -0.117. The molecule has 2 aliphatic rings. The van der Waals surface area contributed by atoms with Crippen LogP contribution < -0.4 is 5.32 Å². The molecule has 1 aliphatic carbocycles. The fourth-order valence-corrected chi connectivity index (χ4v) is 3.87. The highest BCUT2D eigenvalue weighted by molar-refractivity contribution is 5.88. The molecule has 0 unspecified atom stereocenters. The number of β-amino-alcohol motifs (C(OH)–C–C–N with tert-alkyl or cyclic N) is 1. The van der Waals surface area contributed by atoms with Crippen molar-refractivity contribution in [2.45, 2.75) is 76.9 Å². The van der Waals surface area contributed by atoms with E-state index in [1.165, 1.54) is 12.0 Å². The minimum Gasteiger partial charge on any atom is -0.389 e. The van der Waals surface area contributed by atoms with E-state index in [1.807, 2.05) is 19.1 Å². The van der Waals surface area contributed by atoms with E-state index in [2.05, 4.69) is 17.1 Å². The molecule has 0 aromatic heterocycles. The third-order valence-corrected chi connectivity index (χ3v) is 5.46. The fraction of sp³-hybridized carbons (Fsp3) is 0.750. The van der Waals surface area contributed by atoms with Gasteiger partial charge in [0.25, 0.3) is 0 Å².